The van der Waals surface area contributed by atoms with Gasteiger partial charge in [0.2, 0.25) is 0 Å². The number of pyridine rings is 2. The van der Waals surface area contributed by atoms with Crippen molar-refractivity contribution in [3.8, 4) is 5.75 Å². The van der Waals surface area contributed by atoms with Crippen molar-refractivity contribution >= 4 is 16.7 Å². The maximum absolute atomic E-state index is 11.0. The topological polar surface area (TPSA) is 58.0 Å². The summed E-state index contributed by atoms with van der Waals surface area (Å²) in [5, 5.41) is 15.4. The van der Waals surface area contributed by atoms with Crippen molar-refractivity contribution in [3.63, 3.8) is 0 Å². The summed E-state index contributed by atoms with van der Waals surface area (Å²) < 4.78 is 0. The molecule has 0 unspecified atom stereocenters. The Morgan fingerprint density at radius 2 is 1.79 bits per heavy atom. The first kappa shape index (κ1) is 18.0. The Balaban J connectivity index is 1.83. The summed E-state index contributed by atoms with van der Waals surface area (Å²) in [6.45, 7) is 4.18. The quantitative estimate of drug-likeness (QED) is 0.494. The van der Waals surface area contributed by atoms with Crippen LogP contribution in [0.2, 0.25) is 0 Å². The van der Waals surface area contributed by atoms with Crippen molar-refractivity contribution in [3.05, 3.63) is 95.3 Å². The molecule has 4 nitrogen and oxygen atoms in total. The molecule has 0 saturated heterocycles. The normalized spacial score (nSPS) is 12.1. The summed E-state index contributed by atoms with van der Waals surface area (Å²) in [5.74, 6) is 0.966. The number of nitrogens with zero attached hydrogens (tertiary/aromatic N) is 2. The molecule has 4 heteroatoms. The van der Waals surface area contributed by atoms with Crippen molar-refractivity contribution < 1.29 is 5.11 Å². The second-order valence-electron chi connectivity index (χ2n) is 6.97. The van der Waals surface area contributed by atoms with Crippen LogP contribution in [-0.2, 0) is 6.42 Å². The highest BCUT2D eigenvalue weighted by atomic mass is 16.3. The average Bonchev–Trinajstić information content (AvgIpc) is 2.73. The van der Waals surface area contributed by atoms with Gasteiger partial charge >= 0.3 is 0 Å². The van der Waals surface area contributed by atoms with Gasteiger partial charge in [0.15, 0.2) is 0 Å². The lowest BCUT2D eigenvalue weighted by Gasteiger charge is -2.22. The Labute approximate surface area is 164 Å². The number of aryl methyl sites for hydroxylation is 2. The smallest absolute Gasteiger partial charge is 0.147 e. The summed E-state index contributed by atoms with van der Waals surface area (Å²) in [4.78, 5) is 8.82. The second-order valence-corrected chi connectivity index (χ2v) is 6.97. The van der Waals surface area contributed by atoms with Crippen molar-refractivity contribution in [1.82, 2.24) is 9.97 Å². The van der Waals surface area contributed by atoms with Gasteiger partial charge in [-0.15, -0.1) is 0 Å². The van der Waals surface area contributed by atoms with Crippen molar-refractivity contribution in [1.29, 1.82) is 0 Å². The highest BCUT2D eigenvalue weighted by Gasteiger charge is 2.20. The Hall–Kier alpha value is -3.40. The molecule has 0 spiro atoms. The first-order valence-corrected chi connectivity index (χ1v) is 9.50. The molecule has 0 radical (unpaired) electrons. The molecule has 0 fully saturated rings. The fourth-order valence-corrected chi connectivity index (χ4v) is 3.43. The van der Waals surface area contributed by atoms with E-state index < -0.39 is 0 Å². The van der Waals surface area contributed by atoms with E-state index in [1.807, 2.05) is 43.3 Å². The summed E-state index contributed by atoms with van der Waals surface area (Å²) in [7, 11) is 0. The fourth-order valence-electron chi connectivity index (χ4n) is 3.43. The van der Waals surface area contributed by atoms with Crippen LogP contribution in [-0.4, -0.2) is 15.1 Å². The van der Waals surface area contributed by atoms with Crippen molar-refractivity contribution in [2.75, 3.05) is 5.32 Å². The van der Waals surface area contributed by atoms with Crippen LogP contribution < -0.4 is 5.32 Å². The number of aromatic hydroxyl groups is 1. The molecular formula is C24H23N3O. The van der Waals surface area contributed by atoms with Gasteiger partial charge in [-0.2, -0.15) is 0 Å². The number of benzene rings is 2. The van der Waals surface area contributed by atoms with E-state index in [4.69, 9.17) is 0 Å². The molecule has 2 N–H and O–H groups in total. The molecular weight excluding hydrogens is 346 g/mol. The molecule has 0 aliphatic heterocycles. The molecule has 0 bridgehead atoms. The second kappa shape index (κ2) is 7.69. The van der Waals surface area contributed by atoms with E-state index >= 15 is 0 Å². The number of rotatable bonds is 5. The van der Waals surface area contributed by atoms with Gasteiger partial charge in [0.05, 0.1) is 6.04 Å². The number of aromatic nitrogens is 2. The third-order valence-corrected chi connectivity index (χ3v) is 5.02. The van der Waals surface area contributed by atoms with Crippen LogP contribution in [0.25, 0.3) is 10.9 Å². The van der Waals surface area contributed by atoms with Gasteiger partial charge in [0.25, 0.3) is 0 Å². The third-order valence-electron chi connectivity index (χ3n) is 5.02. The highest BCUT2D eigenvalue weighted by molar-refractivity contribution is 5.86. The van der Waals surface area contributed by atoms with Crippen LogP contribution in [0.4, 0.5) is 5.82 Å². The number of nitrogens with one attached hydrogen (secondary N) is 1. The lowest BCUT2D eigenvalue weighted by atomic mass is 9.95. The summed E-state index contributed by atoms with van der Waals surface area (Å²) in [5.41, 5.74) is 4.85. The molecule has 140 valence electrons. The van der Waals surface area contributed by atoms with E-state index in [9.17, 15) is 5.11 Å². The molecule has 4 aromatic rings. The Bertz CT molecular complexity index is 1110. The Morgan fingerprint density at radius 3 is 2.54 bits per heavy atom. The molecule has 2 aromatic heterocycles. The van der Waals surface area contributed by atoms with Gasteiger partial charge in [-0.3, -0.25) is 4.98 Å². The number of fused-ring (bicyclic) bond motifs is 1. The van der Waals surface area contributed by atoms with E-state index in [2.05, 4.69) is 46.5 Å². The van der Waals surface area contributed by atoms with Gasteiger partial charge in [-0.05, 0) is 48.2 Å². The number of hydrogen-bond donors (Lipinski definition) is 2. The van der Waals surface area contributed by atoms with E-state index in [-0.39, 0.29) is 11.8 Å². The molecule has 0 amide bonds. The summed E-state index contributed by atoms with van der Waals surface area (Å²) in [6.07, 6.45) is 4.48. The molecule has 2 heterocycles. The minimum atomic E-state index is -0.244. The average molecular weight is 369 g/mol. The van der Waals surface area contributed by atoms with Gasteiger partial charge in [-0.25, -0.2) is 4.98 Å². The summed E-state index contributed by atoms with van der Waals surface area (Å²) in [6, 6.07) is 20.0. The van der Waals surface area contributed by atoms with Gasteiger partial charge in [0, 0.05) is 23.3 Å². The molecule has 2 aromatic carbocycles. The predicted molar refractivity (Wildman–Crippen MR) is 114 cm³/mol. The zero-order chi connectivity index (χ0) is 19.5. The number of anilines is 1. The van der Waals surface area contributed by atoms with Crippen LogP contribution in [0.5, 0.6) is 5.75 Å². The number of phenols is 1. The molecule has 4 rings (SSSR count). The van der Waals surface area contributed by atoms with Crippen LogP contribution in [0, 0.1) is 6.92 Å². The van der Waals surface area contributed by atoms with Crippen LogP contribution >= 0.6 is 0 Å². The number of hydrogen-bond acceptors (Lipinski definition) is 4. The minimum absolute atomic E-state index is 0.197. The fraction of sp³-hybridized carbons (Fsp3) is 0.167. The zero-order valence-corrected chi connectivity index (χ0v) is 16.1. The van der Waals surface area contributed by atoms with Crippen LogP contribution in [0.1, 0.15) is 35.2 Å². The minimum Gasteiger partial charge on any atom is -0.505 e. The number of phenolic OH excluding ortho intramolecular Hbond substituents is 1. The lowest BCUT2D eigenvalue weighted by Crippen LogP contribution is -2.14. The standard InChI is InChI=1S/C24H23N3O/c1-3-17-6-8-19(9-7-17)22(27-21-15-16(2)12-14-25-21)20-11-10-18-5-4-13-26-23(18)24(20)28/h4-15,22,28H,3H2,1-2H3,(H,25,27)/t22-/m0/s1. The van der Waals surface area contributed by atoms with Gasteiger partial charge < -0.3 is 10.4 Å². The Morgan fingerprint density at radius 1 is 0.964 bits per heavy atom. The largest absolute Gasteiger partial charge is 0.505 e. The van der Waals surface area contributed by atoms with Crippen LogP contribution in [0.3, 0.4) is 0 Å². The van der Waals surface area contributed by atoms with E-state index in [1.165, 1.54) is 5.56 Å². The van der Waals surface area contributed by atoms with Gasteiger partial charge in [0.1, 0.15) is 17.1 Å². The van der Waals surface area contributed by atoms with E-state index in [1.54, 1.807) is 12.4 Å². The molecule has 1 atom stereocenters. The first-order chi connectivity index (χ1) is 13.7. The highest BCUT2D eigenvalue weighted by Crippen LogP contribution is 2.36. The third kappa shape index (κ3) is 3.54. The SMILES string of the molecule is CCc1ccc([C@H](Nc2cc(C)ccn2)c2ccc3cccnc3c2O)cc1. The molecule has 0 aliphatic rings. The van der Waals surface area contributed by atoms with Gasteiger partial charge in [-0.1, -0.05) is 49.4 Å². The monoisotopic (exact) mass is 369 g/mol. The lowest BCUT2D eigenvalue weighted by molar-refractivity contribution is 0.471. The Kier molecular flexibility index (Phi) is 4.94. The maximum Gasteiger partial charge on any atom is 0.147 e. The summed E-state index contributed by atoms with van der Waals surface area (Å²) >= 11 is 0. The first-order valence-electron chi connectivity index (χ1n) is 9.50. The predicted octanol–water partition coefficient (Wildman–Crippen LogP) is 5.41. The van der Waals surface area contributed by atoms with Crippen molar-refractivity contribution in [2.24, 2.45) is 0 Å². The molecule has 0 aliphatic carbocycles. The molecule has 28 heavy (non-hydrogen) atoms. The zero-order valence-electron chi connectivity index (χ0n) is 16.1. The van der Waals surface area contributed by atoms with E-state index in [0.29, 0.717) is 5.52 Å². The molecule has 0 saturated carbocycles. The van der Waals surface area contributed by atoms with E-state index in [0.717, 1.165) is 34.3 Å². The van der Waals surface area contributed by atoms with Crippen molar-refractivity contribution in [2.45, 2.75) is 26.3 Å². The van der Waals surface area contributed by atoms with Crippen LogP contribution in [0.15, 0.2) is 73.1 Å². The maximum atomic E-state index is 11.0.